The van der Waals surface area contributed by atoms with Gasteiger partial charge in [0.15, 0.2) is 0 Å². The highest BCUT2D eigenvalue weighted by Crippen LogP contribution is 2.38. The fourth-order valence-corrected chi connectivity index (χ4v) is 3.98. The van der Waals surface area contributed by atoms with Crippen molar-refractivity contribution < 1.29 is 9.47 Å². The molecule has 3 aliphatic rings. The highest BCUT2D eigenvalue weighted by atomic mass is 16.5. The van der Waals surface area contributed by atoms with Gasteiger partial charge in [-0.1, -0.05) is 0 Å². The SMILES string of the molecule is N#Cc1cccnc1OC1CCC(NC2COC(C3CC3)C2)CC1. The Morgan fingerprint density at radius 1 is 1.17 bits per heavy atom. The van der Waals surface area contributed by atoms with Crippen LogP contribution in [0, 0.1) is 17.2 Å². The van der Waals surface area contributed by atoms with Crippen LogP contribution in [0.2, 0.25) is 0 Å². The van der Waals surface area contributed by atoms with E-state index in [0.29, 0.717) is 29.6 Å². The fraction of sp³-hybridized carbons (Fsp3) is 0.684. The zero-order chi connectivity index (χ0) is 16.4. The Kier molecular flexibility index (Phi) is 4.68. The number of nitriles is 1. The first-order valence-electron chi connectivity index (χ1n) is 9.21. The second-order valence-corrected chi connectivity index (χ2v) is 7.37. The van der Waals surface area contributed by atoms with Crippen molar-refractivity contribution >= 4 is 0 Å². The minimum atomic E-state index is 0.170. The summed E-state index contributed by atoms with van der Waals surface area (Å²) >= 11 is 0. The van der Waals surface area contributed by atoms with E-state index in [0.717, 1.165) is 38.2 Å². The van der Waals surface area contributed by atoms with Crippen LogP contribution in [-0.4, -0.2) is 35.9 Å². The van der Waals surface area contributed by atoms with Crippen LogP contribution in [0.25, 0.3) is 0 Å². The van der Waals surface area contributed by atoms with Gasteiger partial charge in [-0.3, -0.25) is 0 Å². The number of ether oxygens (including phenoxy) is 2. The number of nitrogens with zero attached hydrogens (tertiary/aromatic N) is 2. The average Bonchev–Trinajstić information content (AvgIpc) is 3.37. The largest absolute Gasteiger partial charge is 0.473 e. The van der Waals surface area contributed by atoms with Crippen molar-refractivity contribution in [1.29, 1.82) is 5.26 Å². The zero-order valence-corrected chi connectivity index (χ0v) is 14.0. The molecule has 0 aromatic carbocycles. The highest BCUT2D eigenvalue weighted by Gasteiger charge is 2.38. The van der Waals surface area contributed by atoms with E-state index < -0.39 is 0 Å². The lowest BCUT2D eigenvalue weighted by molar-refractivity contribution is 0.0903. The molecule has 1 aromatic rings. The third kappa shape index (κ3) is 3.71. The molecule has 5 heteroatoms. The predicted octanol–water partition coefficient (Wildman–Crippen LogP) is 2.80. The van der Waals surface area contributed by atoms with Crippen molar-refractivity contribution in [1.82, 2.24) is 10.3 Å². The molecule has 0 radical (unpaired) electrons. The molecule has 5 nitrogen and oxygen atoms in total. The second kappa shape index (κ2) is 7.08. The van der Waals surface area contributed by atoms with Crippen LogP contribution in [-0.2, 0) is 4.74 Å². The highest BCUT2D eigenvalue weighted by molar-refractivity contribution is 5.37. The number of rotatable bonds is 5. The molecule has 1 aliphatic heterocycles. The van der Waals surface area contributed by atoms with E-state index in [1.807, 2.05) is 0 Å². The summed E-state index contributed by atoms with van der Waals surface area (Å²) in [5.41, 5.74) is 0.520. The van der Waals surface area contributed by atoms with E-state index in [1.165, 1.54) is 19.3 Å². The zero-order valence-electron chi connectivity index (χ0n) is 14.0. The number of nitrogens with one attached hydrogen (secondary N) is 1. The summed E-state index contributed by atoms with van der Waals surface area (Å²) in [5.74, 6) is 1.32. The second-order valence-electron chi connectivity index (χ2n) is 7.37. The predicted molar refractivity (Wildman–Crippen MR) is 89.6 cm³/mol. The van der Waals surface area contributed by atoms with Gasteiger partial charge in [-0.2, -0.15) is 5.26 Å². The van der Waals surface area contributed by atoms with Crippen LogP contribution in [0.4, 0.5) is 0 Å². The molecule has 128 valence electrons. The third-order valence-corrected chi connectivity index (χ3v) is 5.49. The van der Waals surface area contributed by atoms with Crippen LogP contribution in [0.1, 0.15) is 50.5 Å². The molecule has 4 rings (SSSR count). The summed E-state index contributed by atoms with van der Waals surface area (Å²) in [6.07, 6.45) is 10.5. The van der Waals surface area contributed by atoms with E-state index in [2.05, 4.69) is 16.4 Å². The first kappa shape index (κ1) is 15.9. The van der Waals surface area contributed by atoms with Crippen molar-refractivity contribution in [2.45, 2.75) is 69.2 Å². The molecule has 1 N–H and O–H groups in total. The van der Waals surface area contributed by atoms with Crippen molar-refractivity contribution in [3.8, 4) is 11.9 Å². The minimum Gasteiger partial charge on any atom is -0.473 e. The molecule has 2 atom stereocenters. The van der Waals surface area contributed by atoms with Gasteiger partial charge in [0, 0.05) is 18.3 Å². The van der Waals surface area contributed by atoms with Crippen LogP contribution in [0.15, 0.2) is 18.3 Å². The molecule has 0 bridgehead atoms. The average molecular weight is 327 g/mol. The normalized spacial score (nSPS) is 33.1. The fourth-order valence-electron chi connectivity index (χ4n) is 3.98. The lowest BCUT2D eigenvalue weighted by Crippen LogP contribution is -2.42. The monoisotopic (exact) mass is 327 g/mol. The first-order valence-corrected chi connectivity index (χ1v) is 9.21. The molecule has 2 heterocycles. The molecular formula is C19H25N3O2. The Bertz CT molecular complexity index is 603. The maximum atomic E-state index is 9.12. The summed E-state index contributed by atoms with van der Waals surface area (Å²) in [4.78, 5) is 4.20. The summed E-state index contributed by atoms with van der Waals surface area (Å²) in [7, 11) is 0. The molecule has 0 spiro atoms. The minimum absolute atomic E-state index is 0.170. The maximum absolute atomic E-state index is 9.12. The van der Waals surface area contributed by atoms with E-state index in [4.69, 9.17) is 14.7 Å². The quantitative estimate of drug-likeness (QED) is 0.901. The van der Waals surface area contributed by atoms with Crippen molar-refractivity contribution in [3.63, 3.8) is 0 Å². The molecule has 2 aliphatic carbocycles. The van der Waals surface area contributed by atoms with E-state index in [9.17, 15) is 0 Å². The maximum Gasteiger partial charge on any atom is 0.231 e. The Morgan fingerprint density at radius 2 is 2.00 bits per heavy atom. The Morgan fingerprint density at radius 3 is 2.75 bits per heavy atom. The number of hydrogen-bond acceptors (Lipinski definition) is 5. The van der Waals surface area contributed by atoms with Crippen molar-refractivity contribution in [3.05, 3.63) is 23.9 Å². The summed E-state index contributed by atoms with van der Waals surface area (Å²) in [5, 5.41) is 12.9. The van der Waals surface area contributed by atoms with Gasteiger partial charge in [-0.05, 0) is 63.0 Å². The molecular weight excluding hydrogens is 302 g/mol. The summed E-state index contributed by atoms with van der Waals surface area (Å²) in [6.45, 7) is 0.872. The van der Waals surface area contributed by atoms with Gasteiger partial charge >= 0.3 is 0 Å². The molecule has 24 heavy (non-hydrogen) atoms. The Balaban J connectivity index is 1.23. The Hall–Kier alpha value is -1.64. The third-order valence-electron chi connectivity index (χ3n) is 5.49. The van der Waals surface area contributed by atoms with E-state index >= 15 is 0 Å². The van der Waals surface area contributed by atoms with Gasteiger partial charge in [0.05, 0.1) is 12.7 Å². The smallest absolute Gasteiger partial charge is 0.231 e. The molecule has 3 fully saturated rings. The molecule has 0 amide bonds. The first-order chi connectivity index (χ1) is 11.8. The standard InChI is InChI=1S/C19H25N3O2/c20-11-14-2-1-9-21-19(14)24-17-7-5-15(6-8-17)22-16-10-18(23-12-16)13-3-4-13/h1-2,9,13,15-18,22H,3-8,10,12H2. The molecule has 2 unspecified atom stereocenters. The van der Waals surface area contributed by atoms with Crippen LogP contribution in [0.5, 0.6) is 5.88 Å². The van der Waals surface area contributed by atoms with Gasteiger partial charge < -0.3 is 14.8 Å². The number of aromatic nitrogens is 1. The summed E-state index contributed by atoms with van der Waals surface area (Å²) < 4.78 is 11.9. The van der Waals surface area contributed by atoms with Gasteiger partial charge in [0.25, 0.3) is 0 Å². The van der Waals surface area contributed by atoms with Crippen LogP contribution in [0.3, 0.4) is 0 Å². The van der Waals surface area contributed by atoms with Crippen LogP contribution < -0.4 is 10.1 Å². The van der Waals surface area contributed by atoms with Gasteiger partial charge in [-0.25, -0.2) is 4.98 Å². The number of hydrogen-bond donors (Lipinski definition) is 1. The van der Waals surface area contributed by atoms with Crippen LogP contribution >= 0.6 is 0 Å². The lowest BCUT2D eigenvalue weighted by Gasteiger charge is -2.31. The molecule has 1 saturated heterocycles. The topological polar surface area (TPSA) is 67.2 Å². The van der Waals surface area contributed by atoms with E-state index in [1.54, 1.807) is 18.3 Å². The molecule has 1 aromatic heterocycles. The molecule has 2 saturated carbocycles. The van der Waals surface area contributed by atoms with Crippen molar-refractivity contribution in [2.24, 2.45) is 5.92 Å². The Labute approximate surface area is 143 Å². The van der Waals surface area contributed by atoms with Gasteiger partial charge in [0.1, 0.15) is 17.7 Å². The van der Waals surface area contributed by atoms with E-state index in [-0.39, 0.29) is 6.10 Å². The van der Waals surface area contributed by atoms with Crippen molar-refractivity contribution in [2.75, 3.05) is 6.61 Å². The number of pyridine rings is 1. The lowest BCUT2D eigenvalue weighted by atomic mass is 9.92. The summed E-state index contributed by atoms with van der Waals surface area (Å²) in [6, 6.07) is 6.76. The van der Waals surface area contributed by atoms with Gasteiger partial charge in [0.2, 0.25) is 5.88 Å². The van der Waals surface area contributed by atoms with Gasteiger partial charge in [-0.15, -0.1) is 0 Å².